The van der Waals surface area contributed by atoms with E-state index in [0.717, 1.165) is 5.88 Å². The molecular formula is C6H15NOSSi. The zero-order chi connectivity index (χ0) is 7.98. The van der Waals surface area contributed by atoms with E-state index in [1.54, 1.807) is 6.92 Å². The molecule has 0 saturated carbocycles. The molecular weight excluding hydrogens is 162 g/mol. The van der Waals surface area contributed by atoms with Gasteiger partial charge in [-0.15, -0.1) is 11.8 Å². The molecule has 0 aromatic heterocycles. The fourth-order valence-electron chi connectivity index (χ4n) is 0.447. The zero-order valence-electron chi connectivity index (χ0n) is 6.81. The van der Waals surface area contributed by atoms with E-state index in [0.29, 0.717) is 0 Å². The van der Waals surface area contributed by atoms with Gasteiger partial charge in [0, 0.05) is 15.7 Å². The van der Waals surface area contributed by atoms with Gasteiger partial charge in [-0.05, 0) is 5.38 Å². The summed E-state index contributed by atoms with van der Waals surface area (Å²) in [6.07, 6.45) is 0. The number of nitrogens with one attached hydrogen (secondary N) is 1. The van der Waals surface area contributed by atoms with Crippen LogP contribution < -0.4 is 5.32 Å². The van der Waals surface area contributed by atoms with E-state index in [9.17, 15) is 4.79 Å². The van der Waals surface area contributed by atoms with E-state index in [2.05, 4.69) is 18.4 Å². The number of rotatable bonds is 4. The standard InChI is InChI=1S/C6H15NOSSi/c1-6(8)7-4-9-5-10(2)3/h10H,4-5H2,1-3H3,(H,7,8). The van der Waals surface area contributed by atoms with Crippen LogP contribution in [0.5, 0.6) is 0 Å². The third-order valence-corrected chi connectivity index (χ3v) is 4.83. The van der Waals surface area contributed by atoms with Gasteiger partial charge < -0.3 is 5.32 Å². The topological polar surface area (TPSA) is 29.1 Å². The summed E-state index contributed by atoms with van der Waals surface area (Å²) in [5.74, 6) is 0.846. The summed E-state index contributed by atoms with van der Waals surface area (Å²) < 4.78 is 0. The summed E-state index contributed by atoms with van der Waals surface area (Å²) in [6, 6.07) is 0. The zero-order valence-corrected chi connectivity index (χ0v) is 8.78. The number of hydrogen-bond donors (Lipinski definition) is 1. The van der Waals surface area contributed by atoms with E-state index in [-0.39, 0.29) is 5.91 Å². The second-order valence-electron chi connectivity index (χ2n) is 2.64. The van der Waals surface area contributed by atoms with Crippen molar-refractivity contribution in [2.75, 3.05) is 11.3 Å². The van der Waals surface area contributed by atoms with E-state index in [1.807, 2.05) is 11.8 Å². The third-order valence-electron chi connectivity index (χ3n) is 0.874. The molecule has 10 heavy (non-hydrogen) atoms. The van der Waals surface area contributed by atoms with Gasteiger partial charge in [0.05, 0.1) is 5.88 Å². The average molecular weight is 177 g/mol. The van der Waals surface area contributed by atoms with Gasteiger partial charge in [-0.25, -0.2) is 0 Å². The smallest absolute Gasteiger partial charge is 0.217 e. The first kappa shape index (κ1) is 10.0. The number of hydrogen-bond acceptors (Lipinski definition) is 2. The molecule has 0 fully saturated rings. The monoisotopic (exact) mass is 177 g/mol. The summed E-state index contributed by atoms with van der Waals surface area (Å²) in [5, 5.41) is 4.00. The molecule has 0 bridgehead atoms. The van der Waals surface area contributed by atoms with Crippen LogP contribution in [0.1, 0.15) is 6.92 Å². The highest BCUT2D eigenvalue weighted by Crippen LogP contribution is 1.98. The first-order valence-corrected chi connectivity index (χ1v) is 7.73. The largest absolute Gasteiger partial charge is 0.347 e. The van der Waals surface area contributed by atoms with Crippen LogP contribution in [0.3, 0.4) is 0 Å². The Balaban J connectivity index is 2.98. The minimum atomic E-state index is -0.422. The van der Waals surface area contributed by atoms with Gasteiger partial charge in [-0.1, -0.05) is 13.1 Å². The predicted molar refractivity (Wildman–Crippen MR) is 50.0 cm³/mol. The Labute approximate surface area is 68.4 Å². The van der Waals surface area contributed by atoms with Gasteiger partial charge in [0.1, 0.15) is 0 Å². The molecule has 0 atom stereocenters. The molecule has 0 aromatic rings. The molecule has 1 N–H and O–H groups in total. The highest BCUT2D eigenvalue weighted by Gasteiger charge is 1.95. The van der Waals surface area contributed by atoms with Gasteiger partial charge in [-0.2, -0.15) is 0 Å². The van der Waals surface area contributed by atoms with Crippen LogP contribution in [0.25, 0.3) is 0 Å². The lowest BCUT2D eigenvalue weighted by atomic mass is 10.7. The minimum Gasteiger partial charge on any atom is -0.347 e. The van der Waals surface area contributed by atoms with Crippen LogP contribution in [-0.2, 0) is 4.79 Å². The SMILES string of the molecule is CC(=O)NCSC[SiH](C)C. The Kier molecular flexibility index (Phi) is 5.82. The molecule has 0 heterocycles. The molecule has 1 amide bonds. The maximum Gasteiger partial charge on any atom is 0.217 e. The molecule has 0 unspecified atom stereocenters. The van der Waals surface area contributed by atoms with E-state index >= 15 is 0 Å². The Morgan fingerprint density at radius 2 is 2.20 bits per heavy atom. The molecule has 0 aliphatic carbocycles. The van der Waals surface area contributed by atoms with Gasteiger partial charge >= 0.3 is 0 Å². The molecule has 0 aliphatic rings. The molecule has 2 nitrogen and oxygen atoms in total. The second-order valence-corrected chi connectivity index (χ2v) is 7.46. The summed E-state index contributed by atoms with van der Waals surface area (Å²) in [6.45, 7) is 6.16. The van der Waals surface area contributed by atoms with Crippen molar-refractivity contribution in [3.63, 3.8) is 0 Å². The van der Waals surface area contributed by atoms with Crippen LogP contribution in [-0.4, -0.2) is 26.0 Å². The van der Waals surface area contributed by atoms with Crippen molar-refractivity contribution in [1.82, 2.24) is 5.32 Å². The molecule has 60 valence electrons. The Morgan fingerprint density at radius 3 is 2.60 bits per heavy atom. The van der Waals surface area contributed by atoms with Crippen LogP contribution in [0.4, 0.5) is 0 Å². The summed E-state index contributed by atoms with van der Waals surface area (Å²) in [5.41, 5.74) is 0. The first-order valence-electron chi connectivity index (χ1n) is 3.45. The highest BCUT2D eigenvalue weighted by atomic mass is 32.2. The van der Waals surface area contributed by atoms with Crippen molar-refractivity contribution in [3.05, 3.63) is 0 Å². The van der Waals surface area contributed by atoms with Crippen molar-refractivity contribution in [2.45, 2.75) is 20.0 Å². The van der Waals surface area contributed by atoms with Crippen molar-refractivity contribution in [3.8, 4) is 0 Å². The molecule has 4 heteroatoms. The number of carbonyl (C=O) groups excluding carboxylic acids is 1. The highest BCUT2D eigenvalue weighted by molar-refractivity contribution is 8.00. The Hall–Kier alpha value is 0.0369. The molecule has 0 aliphatic heterocycles. The van der Waals surface area contributed by atoms with Gasteiger partial charge in [0.2, 0.25) is 5.91 Å². The lowest BCUT2D eigenvalue weighted by molar-refractivity contribution is -0.118. The minimum absolute atomic E-state index is 0.0675. The summed E-state index contributed by atoms with van der Waals surface area (Å²) in [4.78, 5) is 10.4. The van der Waals surface area contributed by atoms with E-state index in [1.165, 1.54) is 5.38 Å². The van der Waals surface area contributed by atoms with Crippen molar-refractivity contribution >= 4 is 26.5 Å². The quantitative estimate of drug-likeness (QED) is 0.392. The maximum absolute atomic E-state index is 10.4. The molecule has 0 rings (SSSR count). The molecule has 0 saturated heterocycles. The van der Waals surface area contributed by atoms with Gasteiger partial charge in [0.25, 0.3) is 0 Å². The Bertz CT molecular complexity index is 108. The second kappa shape index (κ2) is 5.79. The molecule has 0 spiro atoms. The van der Waals surface area contributed by atoms with Gasteiger partial charge in [-0.3, -0.25) is 4.79 Å². The summed E-state index contributed by atoms with van der Waals surface area (Å²) >= 11 is 1.82. The average Bonchev–Trinajstić information content (AvgIpc) is 1.79. The molecule has 0 aromatic carbocycles. The predicted octanol–water partition coefficient (Wildman–Crippen LogP) is 0.839. The van der Waals surface area contributed by atoms with Crippen LogP contribution in [0.2, 0.25) is 13.1 Å². The number of carbonyl (C=O) groups is 1. The fraction of sp³-hybridized carbons (Fsp3) is 0.833. The van der Waals surface area contributed by atoms with Crippen LogP contribution in [0, 0.1) is 0 Å². The van der Waals surface area contributed by atoms with Crippen LogP contribution in [0.15, 0.2) is 0 Å². The van der Waals surface area contributed by atoms with Crippen molar-refractivity contribution in [1.29, 1.82) is 0 Å². The fourth-order valence-corrected chi connectivity index (χ4v) is 3.11. The third kappa shape index (κ3) is 8.04. The maximum atomic E-state index is 10.4. The Morgan fingerprint density at radius 1 is 1.60 bits per heavy atom. The van der Waals surface area contributed by atoms with E-state index < -0.39 is 8.80 Å². The number of thioether (sulfide) groups is 1. The van der Waals surface area contributed by atoms with E-state index in [4.69, 9.17) is 0 Å². The molecule has 0 radical (unpaired) electrons. The number of amides is 1. The van der Waals surface area contributed by atoms with Crippen molar-refractivity contribution in [2.24, 2.45) is 0 Å². The normalized spacial score (nSPS) is 10.0. The lowest BCUT2D eigenvalue weighted by Gasteiger charge is -2.02. The lowest BCUT2D eigenvalue weighted by Crippen LogP contribution is -2.20. The van der Waals surface area contributed by atoms with Crippen molar-refractivity contribution < 1.29 is 4.79 Å². The summed E-state index contributed by atoms with van der Waals surface area (Å²) in [7, 11) is -0.422. The first-order chi connectivity index (χ1) is 4.63. The van der Waals surface area contributed by atoms with Crippen LogP contribution >= 0.6 is 11.8 Å². The van der Waals surface area contributed by atoms with Gasteiger partial charge in [0.15, 0.2) is 0 Å².